The Bertz CT molecular complexity index is 2470. The molecule has 0 saturated carbocycles. The van der Waals surface area contributed by atoms with Gasteiger partial charge in [-0.1, -0.05) is 0 Å². The van der Waals surface area contributed by atoms with Crippen LogP contribution in [0.3, 0.4) is 0 Å². The Kier molecular flexibility index (Phi) is 13.9. The topological polar surface area (TPSA) is 212 Å². The molecule has 10 rings (SSSR count). The van der Waals surface area contributed by atoms with Crippen LogP contribution in [0.25, 0.3) is 21.8 Å². The predicted molar refractivity (Wildman–Crippen MR) is 247 cm³/mol. The van der Waals surface area contributed by atoms with E-state index in [4.69, 9.17) is 34.1 Å². The first-order valence-electron chi connectivity index (χ1n) is 22.0. The van der Waals surface area contributed by atoms with E-state index in [1.165, 1.54) is 0 Å². The number of aliphatic hydroxyl groups excluding tert-OH is 1. The van der Waals surface area contributed by atoms with Crippen LogP contribution in [0.1, 0.15) is 17.0 Å². The van der Waals surface area contributed by atoms with Gasteiger partial charge in [-0.2, -0.15) is 0 Å². The van der Waals surface area contributed by atoms with Crippen LogP contribution in [-0.4, -0.2) is 157 Å². The van der Waals surface area contributed by atoms with Crippen molar-refractivity contribution in [1.29, 1.82) is 0 Å². The number of hydrogen-bond donors (Lipinski definition) is 5. The van der Waals surface area contributed by atoms with Gasteiger partial charge in [-0.25, -0.2) is 39.9 Å². The van der Waals surface area contributed by atoms with E-state index in [0.29, 0.717) is 62.3 Å². The molecule has 0 atom stereocenters. The van der Waals surface area contributed by atoms with Crippen LogP contribution in [0.5, 0.6) is 0 Å². The Morgan fingerprint density at radius 3 is 1.67 bits per heavy atom. The molecule has 336 valence electrons. The van der Waals surface area contributed by atoms with Crippen LogP contribution in [0.2, 0.25) is 0 Å². The Hall–Kier alpha value is -6.16. The molecule has 0 amide bonds. The molecule has 4 aliphatic rings. The molecule has 20 heteroatoms. The fraction of sp³-hybridized carbons (Fsp3) is 0.455. The number of aryl methyl sites for hydroxylation is 1. The summed E-state index contributed by atoms with van der Waals surface area (Å²) in [7, 11) is 1.67. The molecular weight excluding hydrogens is 817 g/mol. The van der Waals surface area contributed by atoms with E-state index in [-0.39, 0.29) is 6.61 Å². The monoisotopic (exact) mass is 872 g/mol. The van der Waals surface area contributed by atoms with Crippen LogP contribution in [0, 0.1) is 6.92 Å². The fourth-order valence-corrected chi connectivity index (χ4v) is 8.18. The molecule has 0 bridgehead atoms. The number of nitrogens with one attached hydrogen (secondary N) is 4. The van der Waals surface area contributed by atoms with Crippen LogP contribution < -0.4 is 40.9 Å². The predicted octanol–water partition coefficient (Wildman–Crippen LogP) is 2.77. The van der Waals surface area contributed by atoms with Crippen molar-refractivity contribution in [3.05, 3.63) is 72.1 Å². The van der Waals surface area contributed by atoms with Crippen molar-refractivity contribution in [3.63, 3.8) is 0 Å². The zero-order chi connectivity index (χ0) is 43.7. The Labute approximate surface area is 371 Å². The summed E-state index contributed by atoms with van der Waals surface area (Å²) in [6.45, 7) is 15.8. The second kappa shape index (κ2) is 20.6. The fourth-order valence-electron chi connectivity index (χ4n) is 8.18. The van der Waals surface area contributed by atoms with Gasteiger partial charge in [0, 0.05) is 109 Å². The van der Waals surface area contributed by atoms with Gasteiger partial charge < -0.3 is 60.2 Å². The van der Waals surface area contributed by atoms with Crippen molar-refractivity contribution in [2.24, 2.45) is 0 Å². The number of methoxy groups -OCH3 is 1. The summed E-state index contributed by atoms with van der Waals surface area (Å²) in [5.74, 6) is 3.95. The molecule has 0 aromatic carbocycles. The standard InChI is InChI=1S/2C22H28N8O2/c1-31-15-17-12-16-13-25-22(28-20(16)21(26-17)30-8-10-32-11-9-30)27-19-3-2-18(14-24-19)29-6-4-23-5-7-29;1-15-17-13-25-22(27-19-3-2-16(12-24-19)29-6-4-23-5-7-29)28-20(17)21(26-18(15)14-31)30-8-10-32-11-9-30/h2-3,12-14,23H,4-11,15H2,1H3,(H,24,25,27,28);2-3,12-13,23,31H,4-11,14H2,1H3,(H,24,25,27,28). The number of aromatic nitrogens is 8. The molecular formula is C44H56N16O4. The number of pyridine rings is 4. The number of piperazine rings is 2. The lowest BCUT2D eigenvalue weighted by Crippen LogP contribution is -2.43. The second-order valence-corrected chi connectivity index (χ2v) is 15.8. The molecule has 10 heterocycles. The SMILES string of the molecule is COCc1cc2cnc(Nc3ccc(N4CCNCC4)cn3)nc2c(N2CCOCC2)n1.Cc1c(CO)nc(N2CCOCC2)c2nc(Nc3ccc(N4CCNCC4)cn3)ncc12. The van der Waals surface area contributed by atoms with E-state index in [9.17, 15) is 5.11 Å². The molecule has 64 heavy (non-hydrogen) atoms. The highest BCUT2D eigenvalue weighted by molar-refractivity contribution is 5.92. The lowest BCUT2D eigenvalue weighted by atomic mass is 10.1. The quantitative estimate of drug-likeness (QED) is 0.127. The summed E-state index contributed by atoms with van der Waals surface area (Å²) in [4.78, 5) is 46.3. The van der Waals surface area contributed by atoms with E-state index in [2.05, 4.69) is 72.9 Å². The minimum absolute atomic E-state index is 0.123. The molecule has 4 fully saturated rings. The van der Waals surface area contributed by atoms with Crippen LogP contribution >= 0.6 is 0 Å². The minimum Gasteiger partial charge on any atom is -0.390 e. The molecule has 0 spiro atoms. The first-order valence-corrected chi connectivity index (χ1v) is 22.0. The molecule has 20 nitrogen and oxygen atoms in total. The van der Waals surface area contributed by atoms with Crippen molar-refractivity contribution in [2.45, 2.75) is 20.1 Å². The number of aliphatic hydroxyl groups is 1. The number of hydrogen-bond acceptors (Lipinski definition) is 20. The molecule has 0 radical (unpaired) electrons. The number of ether oxygens (including phenoxy) is 3. The van der Waals surface area contributed by atoms with Crippen LogP contribution in [-0.2, 0) is 27.4 Å². The van der Waals surface area contributed by atoms with Crippen molar-refractivity contribution < 1.29 is 19.3 Å². The van der Waals surface area contributed by atoms with Crippen molar-refractivity contribution in [1.82, 2.24) is 50.5 Å². The lowest BCUT2D eigenvalue weighted by Gasteiger charge is -2.29. The molecule has 0 aliphatic carbocycles. The van der Waals surface area contributed by atoms with Gasteiger partial charge in [-0.15, -0.1) is 0 Å². The zero-order valence-electron chi connectivity index (χ0n) is 36.5. The summed E-state index contributed by atoms with van der Waals surface area (Å²) in [5.41, 5.74) is 6.20. The van der Waals surface area contributed by atoms with E-state index in [1.807, 2.05) is 43.7 Å². The first-order chi connectivity index (χ1) is 31.5. The highest BCUT2D eigenvalue weighted by Gasteiger charge is 2.22. The van der Waals surface area contributed by atoms with Gasteiger partial charge in [0.15, 0.2) is 11.6 Å². The summed E-state index contributed by atoms with van der Waals surface area (Å²) < 4.78 is 16.3. The Morgan fingerprint density at radius 1 is 0.625 bits per heavy atom. The molecule has 5 N–H and O–H groups in total. The van der Waals surface area contributed by atoms with Crippen molar-refractivity contribution in [3.8, 4) is 0 Å². The van der Waals surface area contributed by atoms with E-state index in [0.717, 1.165) is 135 Å². The number of anilines is 8. The summed E-state index contributed by atoms with van der Waals surface area (Å²) >= 11 is 0. The van der Waals surface area contributed by atoms with Gasteiger partial charge in [0.25, 0.3) is 0 Å². The number of fused-ring (bicyclic) bond motifs is 2. The molecule has 4 aliphatic heterocycles. The molecule has 6 aromatic rings. The smallest absolute Gasteiger partial charge is 0.229 e. The summed E-state index contributed by atoms with van der Waals surface area (Å²) in [6, 6.07) is 10.0. The number of morpholine rings is 2. The molecule has 6 aromatic heterocycles. The van der Waals surface area contributed by atoms with Crippen molar-refractivity contribution >= 4 is 68.3 Å². The van der Waals surface area contributed by atoms with Crippen molar-refractivity contribution in [2.75, 3.05) is 142 Å². The van der Waals surface area contributed by atoms with Crippen LogP contribution in [0.4, 0.5) is 46.5 Å². The number of nitrogens with zero attached hydrogens (tertiary/aromatic N) is 12. The molecule has 0 unspecified atom stereocenters. The van der Waals surface area contributed by atoms with Crippen LogP contribution in [0.15, 0.2) is 55.1 Å². The third-order valence-electron chi connectivity index (χ3n) is 11.7. The largest absolute Gasteiger partial charge is 0.390 e. The third kappa shape index (κ3) is 10.1. The van der Waals surface area contributed by atoms with Gasteiger partial charge in [-0.3, -0.25) is 0 Å². The molecule has 4 saturated heterocycles. The minimum atomic E-state index is -0.123. The number of rotatable bonds is 11. The average molecular weight is 873 g/mol. The highest BCUT2D eigenvalue weighted by Crippen LogP contribution is 2.30. The Morgan fingerprint density at radius 2 is 1.16 bits per heavy atom. The maximum absolute atomic E-state index is 9.79. The average Bonchev–Trinajstić information content (AvgIpc) is 3.36. The first kappa shape index (κ1) is 43.1. The lowest BCUT2D eigenvalue weighted by molar-refractivity contribution is 0.122. The summed E-state index contributed by atoms with van der Waals surface area (Å²) in [5, 5.41) is 24.8. The maximum atomic E-state index is 9.79. The van der Waals surface area contributed by atoms with Gasteiger partial charge in [0.1, 0.15) is 22.7 Å². The van der Waals surface area contributed by atoms with Gasteiger partial charge in [0.2, 0.25) is 11.9 Å². The zero-order valence-corrected chi connectivity index (χ0v) is 36.5. The highest BCUT2D eigenvalue weighted by atomic mass is 16.5. The van der Waals surface area contributed by atoms with Gasteiger partial charge >= 0.3 is 0 Å². The Balaban J connectivity index is 0.000000162. The normalized spacial score (nSPS) is 17.0. The van der Waals surface area contributed by atoms with E-state index in [1.54, 1.807) is 13.3 Å². The van der Waals surface area contributed by atoms with E-state index >= 15 is 0 Å². The van der Waals surface area contributed by atoms with Gasteiger partial charge in [0.05, 0.1) is 74.8 Å². The third-order valence-corrected chi connectivity index (χ3v) is 11.7. The van der Waals surface area contributed by atoms with E-state index < -0.39 is 0 Å². The summed E-state index contributed by atoms with van der Waals surface area (Å²) in [6.07, 6.45) is 7.39. The maximum Gasteiger partial charge on any atom is 0.229 e. The van der Waals surface area contributed by atoms with Gasteiger partial charge in [-0.05, 0) is 42.8 Å². The second-order valence-electron chi connectivity index (χ2n) is 15.8.